The Balaban J connectivity index is 1.19. The van der Waals surface area contributed by atoms with Gasteiger partial charge in [0.05, 0.1) is 23.7 Å². The molecular formula is C36H35N3O5S2. The molecule has 4 aromatic carbocycles. The summed E-state index contributed by atoms with van der Waals surface area (Å²) in [6.07, 6.45) is 2.53. The second kappa shape index (κ2) is 14.7. The molecule has 236 valence electrons. The first-order chi connectivity index (χ1) is 22.4. The van der Waals surface area contributed by atoms with Gasteiger partial charge in [-0.25, -0.2) is 23.1 Å². The van der Waals surface area contributed by atoms with Crippen molar-refractivity contribution in [3.63, 3.8) is 0 Å². The van der Waals surface area contributed by atoms with Gasteiger partial charge in [-0.05, 0) is 52.1 Å². The van der Waals surface area contributed by atoms with E-state index in [-0.39, 0.29) is 36.2 Å². The fourth-order valence-corrected chi connectivity index (χ4v) is 7.39. The first kappa shape index (κ1) is 32.1. The molecule has 0 spiro atoms. The number of aliphatic hydroxyl groups is 1. The van der Waals surface area contributed by atoms with Crippen molar-refractivity contribution in [2.24, 2.45) is 5.92 Å². The number of thioether (sulfide) groups is 1. The van der Waals surface area contributed by atoms with E-state index in [9.17, 15) is 13.5 Å². The lowest BCUT2D eigenvalue weighted by Gasteiger charge is -2.41. The van der Waals surface area contributed by atoms with E-state index < -0.39 is 16.3 Å². The van der Waals surface area contributed by atoms with Gasteiger partial charge in [-0.1, -0.05) is 104 Å². The molecule has 0 amide bonds. The van der Waals surface area contributed by atoms with E-state index in [1.165, 1.54) is 0 Å². The third kappa shape index (κ3) is 7.72. The van der Waals surface area contributed by atoms with Gasteiger partial charge in [0, 0.05) is 36.2 Å². The van der Waals surface area contributed by atoms with E-state index in [2.05, 4.69) is 21.6 Å². The van der Waals surface area contributed by atoms with Gasteiger partial charge in [0.15, 0.2) is 11.4 Å². The molecule has 2 N–H and O–H groups in total. The van der Waals surface area contributed by atoms with Gasteiger partial charge >= 0.3 is 0 Å². The molecule has 2 heterocycles. The summed E-state index contributed by atoms with van der Waals surface area (Å²) < 4.78 is 41.2. The quantitative estimate of drug-likeness (QED) is 0.120. The van der Waals surface area contributed by atoms with Crippen molar-refractivity contribution in [2.75, 3.05) is 5.75 Å². The number of rotatable bonds is 11. The fourth-order valence-electron chi connectivity index (χ4n) is 5.38. The Hall–Kier alpha value is -3.90. The maximum Gasteiger partial charge on any atom is 0.240 e. The second-order valence-electron chi connectivity index (χ2n) is 11.1. The van der Waals surface area contributed by atoms with E-state index in [1.807, 2.05) is 72.8 Å². The Kier molecular flexibility index (Phi) is 10.2. The van der Waals surface area contributed by atoms with Crippen molar-refractivity contribution in [1.29, 1.82) is 0 Å². The van der Waals surface area contributed by atoms with Crippen LogP contribution in [0, 0.1) is 5.92 Å². The lowest BCUT2D eigenvalue weighted by Crippen LogP contribution is -2.38. The molecule has 0 aliphatic carbocycles. The Morgan fingerprint density at radius 2 is 1.50 bits per heavy atom. The van der Waals surface area contributed by atoms with Crippen molar-refractivity contribution in [3.05, 3.63) is 144 Å². The molecule has 1 aliphatic rings. The smallest absolute Gasteiger partial charge is 0.240 e. The first-order valence-electron chi connectivity index (χ1n) is 15.0. The van der Waals surface area contributed by atoms with Crippen LogP contribution in [0.1, 0.15) is 41.6 Å². The van der Waals surface area contributed by atoms with E-state index in [0.717, 1.165) is 33.4 Å². The van der Waals surface area contributed by atoms with Crippen LogP contribution in [-0.2, 0) is 32.6 Å². The van der Waals surface area contributed by atoms with Gasteiger partial charge in [0.25, 0.3) is 0 Å². The third-order valence-electron chi connectivity index (χ3n) is 8.01. The van der Waals surface area contributed by atoms with Gasteiger partial charge in [0.1, 0.15) is 0 Å². The molecule has 10 heteroatoms. The van der Waals surface area contributed by atoms with E-state index >= 15 is 0 Å². The highest BCUT2D eigenvalue weighted by atomic mass is 32.2. The number of nitrogens with zero attached hydrogens (tertiary/aromatic N) is 2. The van der Waals surface area contributed by atoms with Crippen LogP contribution in [0.2, 0.25) is 0 Å². The average Bonchev–Trinajstić information content (AvgIpc) is 3.11. The summed E-state index contributed by atoms with van der Waals surface area (Å²) in [6.45, 7) is 2.30. The summed E-state index contributed by atoms with van der Waals surface area (Å²) in [5.74, 6) is 0.712. The number of hydrogen-bond acceptors (Lipinski definition) is 8. The zero-order chi connectivity index (χ0) is 31.9. The van der Waals surface area contributed by atoms with Crippen molar-refractivity contribution in [2.45, 2.75) is 48.6 Å². The fraction of sp³-hybridized carbons (Fsp3) is 0.222. The molecule has 1 saturated heterocycles. The Morgan fingerprint density at radius 1 is 0.783 bits per heavy atom. The van der Waals surface area contributed by atoms with Crippen LogP contribution >= 0.6 is 11.8 Å². The van der Waals surface area contributed by atoms with Crippen LogP contribution in [0.4, 0.5) is 0 Å². The predicted octanol–water partition coefficient (Wildman–Crippen LogP) is 6.70. The van der Waals surface area contributed by atoms with Gasteiger partial charge in [-0.2, -0.15) is 0 Å². The van der Waals surface area contributed by atoms with E-state index in [1.54, 1.807) is 60.6 Å². The average molecular weight is 654 g/mol. The summed E-state index contributed by atoms with van der Waals surface area (Å²) >= 11 is 1.56. The second-order valence-corrected chi connectivity index (χ2v) is 13.9. The topological polar surface area (TPSA) is 111 Å². The summed E-state index contributed by atoms with van der Waals surface area (Å²) in [4.78, 5) is 8.94. The van der Waals surface area contributed by atoms with Crippen molar-refractivity contribution in [3.8, 4) is 11.1 Å². The highest BCUT2D eigenvalue weighted by Crippen LogP contribution is 2.43. The zero-order valence-electron chi connectivity index (χ0n) is 25.3. The highest BCUT2D eigenvalue weighted by Gasteiger charge is 2.38. The zero-order valence-corrected chi connectivity index (χ0v) is 26.9. The molecule has 0 saturated carbocycles. The number of hydrogen-bond donors (Lipinski definition) is 2. The van der Waals surface area contributed by atoms with E-state index in [0.29, 0.717) is 10.9 Å². The molecule has 0 radical (unpaired) electrons. The summed E-state index contributed by atoms with van der Waals surface area (Å²) in [7, 11) is -3.61. The van der Waals surface area contributed by atoms with Crippen LogP contribution in [-0.4, -0.2) is 35.3 Å². The van der Waals surface area contributed by atoms with Crippen molar-refractivity contribution < 1.29 is 23.0 Å². The van der Waals surface area contributed by atoms with Gasteiger partial charge in [0.2, 0.25) is 10.0 Å². The molecule has 0 bridgehead atoms. The molecule has 4 atom stereocenters. The van der Waals surface area contributed by atoms with E-state index in [4.69, 9.17) is 9.47 Å². The predicted molar refractivity (Wildman–Crippen MR) is 178 cm³/mol. The monoisotopic (exact) mass is 653 g/mol. The number of ether oxygens (including phenoxy) is 2. The molecule has 1 fully saturated rings. The minimum atomic E-state index is -3.61. The van der Waals surface area contributed by atoms with Gasteiger partial charge in [-0.3, -0.25) is 0 Å². The van der Waals surface area contributed by atoms with Crippen LogP contribution in [0.3, 0.4) is 0 Å². The Labute approximate surface area is 273 Å². The van der Waals surface area contributed by atoms with Gasteiger partial charge < -0.3 is 14.6 Å². The standard InChI is InChI=1S/C36H35N3O5S2/c1-25-33(24-45-36-37-19-6-20-38-36)43-35(44-34(25)29-13-11-26(23-40)12-14-29)30-17-15-28(16-18-30)31-8-5-7-27(21-31)22-39-46(41,42)32-9-3-2-4-10-32/h2-21,25,33-35,39-40H,22-24H2,1H3. The molecule has 46 heavy (non-hydrogen) atoms. The third-order valence-corrected chi connectivity index (χ3v) is 10.4. The lowest BCUT2D eigenvalue weighted by molar-refractivity contribution is -0.268. The number of aromatic nitrogens is 2. The Morgan fingerprint density at radius 3 is 2.22 bits per heavy atom. The molecule has 8 nitrogen and oxygen atoms in total. The minimum absolute atomic E-state index is 0.0119. The van der Waals surface area contributed by atoms with Crippen LogP contribution in [0.5, 0.6) is 0 Å². The normalized spacial score (nSPS) is 20.0. The van der Waals surface area contributed by atoms with Crippen molar-refractivity contribution in [1.82, 2.24) is 14.7 Å². The SMILES string of the molecule is CC1C(CSc2ncccn2)OC(c2ccc(-c3cccc(CNS(=O)(=O)c4ccccc4)c3)cc2)OC1c1ccc(CO)cc1. The first-order valence-corrected chi connectivity index (χ1v) is 17.5. The summed E-state index contributed by atoms with van der Waals surface area (Å²) in [5.41, 5.74) is 5.59. The molecule has 5 aromatic rings. The van der Waals surface area contributed by atoms with Crippen molar-refractivity contribution >= 4 is 21.8 Å². The lowest BCUT2D eigenvalue weighted by atomic mass is 9.91. The van der Waals surface area contributed by atoms with Crippen LogP contribution in [0.25, 0.3) is 11.1 Å². The molecule has 6 rings (SSSR count). The Bertz CT molecular complexity index is 1820. The summed E-state index contributed by atoms with van der Waals surface area (Å²) in [6, 6.07) is 33.9. The summed E-state index contributed by atoms with van der Waals surface area (Å²) in [5, 5.41) is 10.2. The minimum Gasteiger partial charge on any atom is -0.392 e. The number of benzene rings is 4. The maximum atomic E-state index is 12.7. The van der Waals surface area contributed by atoms with Crippen LogP contribution < -0.4 is 4.72 Å². The largest absolute Gasteiger partial charge is 0.392 e. The molecule has 4 unspecified atom stereocenters. The number of aliphatic hydroxyl groups excluding tert-OH is 1. The molecular weight excluding hydrogens is 619 g/mol. The van der Waals surface area contributed by atoms with Crippen LogP contribution in [0.15, 0.2) is 132 Å². The number of sulfonamides is 1. The van der Waals surface area contributed by atoms with Gasteiger partial charge in [-0.15, -0.1) is 0 Å². The molecule has 1 aliphatic heterocycles. The maximum absolute atomic E-state index is 12.7. The molecule has 1 aromatic heterocycles. The highest BCUT2D eigenvalue weighted by molar-refractivity contribution is 7.99. The number of nitrogens with one attached hydrogen (secondary N) is 1.